The lowest BCUT2D eigenvalue weighted by atomic mass is 10.0. The smallest absolute Gasteiger partial charge is 0.337 e. The topological polar surface area (TPSA) is 101 Å². The fourth-order valence-electron chi connectivity index (χ4n) is 2.06. The zero-order valence-corrected chi connectivity index (χ0v) is 13.3. The number of aromatic nitrogens is 2. The van der Waals surface area contributed by atoms with Crippen molar-refractivity contribution in [2.75, 3.05) is 4.72 Å². The van der Waals surface area contributed by atoms with E-state index in [0.29, 0.717) is 6.54 Å². The van der Waals surface area contributed by atoms with Crippen LogP contribution in [0.15, 0.2) is 29.4 Å². The largest absolute Gasteiger partial charge is 0.478 e. The first-order valence-electron chi connectivity index (χ1n) is 6.65. The molecule has 0 bridgehead atoms. The summed E-state index contributed by atoms with van der Waals surface area (Å²) in [5, 5.41) is 13.2. The van der Waals surface area contributed by atoms with Crippen molar-refractivity contribution in [1.82, 2.24) is 9.78 Å². The number of hydrogen-bond acceptors (Lipinski definition) is 4. The third kappa shape index (κ3) is 2.96. The Morgan fingerprint density at radius 3 is 2.55 bits per heavy atom. The van der Waals surface area contributed by atoms with Crippen molar-refractivity contribution in [2.24, 2.45) is 0 Å². The highest BCUT2D eigenvalue weighted by Gasteiger charge is 2.22. The molecule has 2 N–H and O–H groups in total. The van der Waals surface area contributed by atoms with Crippen LogP contribution in [0.1, 0.15) is 28.4 Å². The molecular formula is C14H17N3O4S. The number of sulfonamides is 1. The van der Waals surface area contributed by atoms with Crippen LogP contribution < -0.4 is 4.72 Å². The Morgan fingerprint density at radius 2 is 1.95 bits per heavy atom. The predicted molar refractivity (Wildman–Crippen MR) is 81.6 cm³/mol. The molecule has 0 saturated carbocycles. The van der Waals surface area contributed by atoms with Crippen molar-refractivity contribution < 1.29 is 18.3 Å². The fraction of sp³-hybridized carbons (Fsp3) is 0.286. The van der Waals surface area contributed by atoms with Crippen LogP contribution in [-0.2, 0) is 16.6 Å². The van der Waals surface area contributed by atoms with Crippen LogP contribution in [0.2, 0.25) is 0 Å². The Balaban J connectivity index is 2.50. The number of carboxylic acid groups (broad SMARTS) is 1. The maximum Gasteiger partial charge on any atom is 0.337 e. The molecule has 1 heterocycles. The number of benzene rings is 1. The molecule has 0 spiro atoms. The molecule has 7 nitrogen and oxygen atoms in total. The Morgan fingerprint density at radius 1 is 1.32 bits per heavy atom. The third-order valence-electron chi connectivity index (χ3n) is 3.36. The highest BCUT2D eigenvalue weighted by Crippen LogP contribution is 2.24. The van der Waals surface area contributed by atoms with E-state index in [0.717, 1.165) is 11.1 Å². The molecule has 0 unspecified atom stereocenters. The normalized spacial score (nSPS) is 11.4. The summed E-state index contributed by atoms with van der Waals surface area (Å²) in [5.41, 5.74) is 1.53. The van der Waals surface area contributed by atoms with Gasteiger partial charge in [-0.2, -0.15) is 13.5 Å². The number of nitrogens with one attached hydrogen (secondary N) is 1. The van der Waals surface area contributed by atoms with Crippen LogP contribution in [0.4, 0.5) is 5.69 Å². The molecule has 22 heavy (non-hydrogen) atoms. The first-order chi connectivity index (χ1) is 10.3. The monoisotopic (exact) mass is 323 g/mol. The van der Waals surface area contributed by atoms with Crippen LogP contribution in [0.5, 0.6) is 0 Å². The Bertz CT molecular complexity index is 825. The van der Waals surface area contributed by atoms with Gasteiger partial charge in [-0.1, -0.05) is 0 Å². The number of hydrogen-bond donors (Lipinski definition) is 2. The van der Waals surface area contributed by atoms with Crippen LogP contribution in [0.3, 0.4) is 0 Å². The van der Waals surface area contributed by atoms with E-state index in [4.69, 9.17) is 0 Å². The quantitative estimate of drug-likeness (QED) is 0.876. The molecule has 1 aromatic carbocycles. The molecule has 1 aromatic heterocycles. The lowest BCUT2D eigenvalue weighted by molar-refractivity contribution is 0.0698. The summed E-state index contributed by atoms with van der Waals surface area (Å²) >= 11 is 0. The van der Waals surface area contributed by atoms with Gasteiger partial charge in [-0.15, -0.1) is 0 Å². The van der Waals surface area contributed by atoms with E-state index in [2.05, 4.69) is 9.82 Å². The zero-order chi connectivity index (χ0) is 16.5. The van der Waals surface area contributed by atoms with Crippen LogP contribution in [0.25, 0.3) is 0 Å². The van der Waals surface area contributed by atoms with Gasteiger partial charge in [0.05, 0.1) is 17.4 Å². The Labute approximate surface area is 128 Å². The van der Waals surface area contributed by atoms with Crippen molar-refractivity contribution in [1.29, 1.82) is 0 Å². The summed E-state index contributed by atoms with van der Waals surface area (Å²) in [4.78, 5) is 11.3. The maximum absolute atomic E-state index is 12.4. The van der Waals surface area contributed by atoms with Gasteiger partial charge in [-0.3, -0.25) is 9.40 Å². The zero-order valence-electron chi connectivity index (χ0n) is 12.5. The van der Waals surface area contributed by atoms with Gasteiger partial charge < -0.3 is 5.11 Å². The van der Waals surface area contributed by atoms with E-state index < -0.39 is 16.0 Å². The van der Waals surface area contributed by atoms with Gasteiger partial charge in [0.25, 0.3) is 10.0 Å². The average Bonchev–Trinajstić information content (AvgIpc) is 2.91. The summed E-state index contributed by atoms with van der Waals surface area (Å²) in [7, 11) is -3.91. The van der Waals surface area contributed by atoms with Crippen LogP contribution >= 0.6 is 0 Å². The second-order valence-electron chi connectivity index (χ2n) is 4.88. The molecule has 0 radical (unpaired) electrons. The SMILES string of the molecule is CCn1nccc1S(=O)(=O)Nc1cc(C)c(C)cc1C(=O)O. The van der Waals surface area contributed by atoms with E-state index in [1.807, 2.05) is 0 Å². The van der Waals surface area contributed by atoms with E-state index in [1.54, 1.807) is 20.8 Å². The molecule has 8 heteroatoms. The Kier molecular flexibility index (Phi) is 4.23. The lowest BCUT2D eigenvalue weighted by Crippen LogP contribution is -2.19. The lowest BCUT2D eigenvalue weighted by Gasteiger charge is -2.13. The number of carboxylic acids is 1. The van der Waals surface area contributed by atoms with Gasteiger partial charge in [-0.25, -0.2) is 4.79 Å². The highest BCUT2D eigenvalue weighted by molar-refractivity contribution is 7.92. The molecule has 118 valence electrons. The number of aromatic carboxylic acids is 1. The van der Waals surface area contributed by atoms with Crippen molar-refractivity contribution in [3.8, 4) is 0 Å². The average molecular weight is 323 g/mol. The van der Waals surface area contributed by atoms with Gasteiger partial charge in [0.2, 0.25) is 0 Å². The van der Waals surface area contributed by atoms with Gasteiger partial charge in [-0.05, 0) is 50.1 Å². The van der Waals surface area contributed by atoms with Gasteiger partial charge in [0.1, 0.15) is 0 Å². The predicted octanol–water partition coefficient (Wildman–Crippen LogP) is 2.02. The van der Waals surface area contributed by atoms with Crippen molar-refractivity contribution in [2.45, 2.75) is 32.3 Å². The highest BCUT2D eigenvalue weighted by atomic mass is 32.2. The third-order valence-corrected chi connectivity index (χ3v) is 4.75. The van der Waals surface area contributed by atoms with Crippen molar-refractivity contribution in [3.05, 3.63) is 41.1 Å². The van der Waals surface area contributed by atoms with E-state index >= 15 is 0 Å². The molecule has 0 atom stereocenters. The minimum Gasteiger partial charge on any atom is -0.478 e. The minimum atomic E-state index is -3.91. The standard InChI is InChI=1S/C14H17N3O4S/c1-4-17-13(5-6-15-17)22(20,21)16-12-8-10(3)9(2)7-11(12)14(18)19/h5-8,16H,4H2,1-3H3,(H,18,19). The fourth-order valence-corrected chi connectivity index (χ4v) is 3.32. The van der Waals surface area contributed by atoms with E-state index in [9.17, 15) is 18.3 Å². The summed E-state index contributed by atoms with van der Waals surface area (Å²) in [6.07, 6.45) is 1.39. The number of carbonyl (C=O) groups is 1. The number of aryl methyl sites for hydroxylation is 3. The second-order valence-corrected chi connectivity index (χ2v) is 6.51. The molecule has 0 aliphatic rings. The van der Waals surface area contributed by atoms with Gasteiger partial charge in [0.15, 0.2) is 5.03 Å². The molecule has 0 aliphatic heterocycles. The molecule has 0 amide bonds. The summed E-state index contributed by atoms with van der Waals surface area (Å²) in [6.45, 7) is 5.72. The molecule has 0 saturated heterocycles. The number of anilines is 1. The van der Waals surface area contributed by atoms with Gasteiger partial charge in [0, 0.05) is 6.54 Å². The van der Waals surface area contributed by atoms with E-state index in [-0.39, 0.29) is 16.3 Å². The molecular weight excluding hydrogens is 306 g/mol. The van der Waals surface area contributed by atoms with Crippen molar-refractivity contribution >= 4 is 21.7 Å². The molecule has 2 rings (SSSR count). The van der Waals surface area contributed by atoms with Crippen molar-refractivity contribution in [3.63, 3.8) is 0 Å². The molecule has 0 aliphatic carbocycles. The van der Waals surface area contributed by atoms with E-state index in [1.165, 1.54) is 29.1 Å². The van der Waals surface area contributed by atoms with Gasteiger partial charge >= 0.3 is 5.97 Å². The van der Waals surface area contributed by atoms with Crippen LogP contribution in [0, 0.1) is 13.8 Å². The first kappa shape index (κ1) is 16.0. The summed E-state index contributed by atoms with van der Waals surface area (Å²) in [5.74, 6) is -1.19. The molecule has 2 aromatic rings. The minimum absolute atomic E-state index is 0.00966. The summed E-state index contributed by atoms with van der Waals surface area (Å²) < 4.78 is 28.6. The maximum atomic E-state index is 12.4. The molecule has 0 fully saturated rings. The number of rotatable bonds is 5. The number of nitrogens with zero attached hydrogens (tertiary/aromatic N) is 2. The first-order valence-corrected chi connectivity index (χ1v) is 8.13. The Hall–Kier alpha value is -2.35. The summed E-state index contributed by atoms with van der Waals surface area (Å²) in [6, 6.07) is 4.34. The second kappa shape index (κ2) is 5.80. The van der Waals surface area contributed by atoms with Crippen LogP contribution in [-0.4, -0.2) is 29.3 Å².